The molecule has 30 heavy (non-hydrogen) atoms. The summed E-state index contributed by atoms with van der Waals surface area (Å²) < 4.78 is 10.4. The summed E-state index contributed by atoms with van der Waals surface area (Å²) in [6.45, 7) is 5.28. The van der Waals surface area contributed by atoms with Crippen molar-refractivity contribution in [2.45, 2.75) is 43.8 Å². The van der Waals surface area contributed by atoms with Crippen LogP contribution in [0.1, 0.15) is 25.8 Å². The second-order valence-corrected chi connectivity index (χ2v) is 10.2. The van der Waals surface area contributed by atoms with E-state index in [1.165, 1.54) is 16.9 Å². The smallest absolute Gasteiger partial charge is 0.272 e. The Morgan fingerprint density at radius 1 is 1.20 bits per heavy atom. The van der Waals surface area contributed by atoms with E-state index in [1.807, 2.05) is 48.7 Å². The Hall–Kier alpha value is -1.67. The minimum atomic E-state index is 0.0440. The maximum Gasteiger partial charge on any atom is 0.272 e. The quantitative estimate of drug-likeness (QED) is 0.157. The molecule has 2 aromatic carbocycles. The molecule has 2 aromatic heterocycles. The zero-order valence-corrected chi connectivity index (χ0v) is 20.1. The highest BCUT2D eigenvalue weighted by Crippen LogP contribution is 2.32. The van der Waals surface area contributed by atoms with Crippen LogP contribution in [0.3, 0.4) is 0 Å². The van der Waals surface area contributed by atoms with Gasteiger partial charge in [-0.2, -0.15) is 0 Å². The second-order valence-electron chi connectivity index (χ2n) is 7.32. The molecule has 0 aliphatic heterocycles. The van der Waals surface area contributed by atoms with E-state index in [0.717, 1.165) is 42.1 Å². The highest BCUT2D eigenvalue weighted by molar-refractivity contribution is 9.10. The van der Waals surface area contributed by atoms with Gasteiger partial charge < -0.3 is 4.74 Å². The van der Waals surface area contributed by atoms with Gasteiger partial charge in [-0.15, -0.1) is 11.3 Å². The van der Waals surface area contributed by atoms with Gasteiger partial charge in [0.15, 0.2) is 5.16 Å². The zero-order chi connectivity index (χ0) is 21.1. The Morgan fingerprint density at radius 2 is 2.03 bits per heavy atom. The lowest BCUT2D eigenvalue weighted by atomic mass is 10.2. The van der Waals surface area contributed by atoms with Crippen LogP contribution in [0.5, 0.6) is 0 Å². The van der Waals surface area contributed by atoms with E-state index in [9.17, 15) is 4.79 Å². The number of thiophene rings is 1. The molecule has 0 unspecified atom stereocenters. The van der Waals surface area contributed by atoms with E-state index in [1.54, 1.807) is 11.8 Å². The molecule has 2 heterocycles. The second kappa shape index (κ2) is 9.64. The fraction of sp³-hybridized carbons (Fsp3) is 0.304. The molecule has 0 amide bonds. The Labute approximate surface area is 192 Å². The number of thioether (sulfide) groups is 1. The van der Waals surface area contributed by atoms with Gasteiger partial charge >= 0.3 is 0 Å². The van der Waals surface area contributed by atoms with Crippen LogP contribution in [0.4, 0.5) is 0 Å². The molecule has 4 aromatic rings. The van der Waals surface area contributed by atoms with Crippen LogP contribution in [0, 0.1) is 0 Å². The monoisotopic (exact) mass is 502 g/mol. The van der Waals surface area contributed by atoms with Gasteiger partial charge in [0.2, 0.25) is 0 Å². The first-order valence-electron chi connectivity index (χ1n) is 9.94. The predicted molar refractivity (Wildman–Crippen MR) is 131 cm³/mol. The van der Waals surface area contributed by atoms with Crippen LogP contribution in [0.15, 0.2) is 63.0 Å². The average Bonchev–Trinajstić information content (AvgIpc) is 3.10. The first-order valence-corrected chi connectivity index (χ1v) is 12.5. The average molecular weight is 503 g/mol. The Kier molecular flexibility index (Phi) is 6.93. The molecular weight excluding hydrogens is 480 g/mol. The Balaban J connectivity index is 1.71. The third-order valence-electron chi connectivity index (χ3n) is 4.68. The number of hydrogen-bond acceptors (Lipinski definition) is 5. The molecule has 156 valence electrons. The van der Waals surface area contributed by atoms with E-state index < -0.39 is 0 Å². The third-order valence-corrected chi connectivity index (χ3v) is 7.37. The first kappa shape index (κ1) is 21.6. The summed E-state index contributed by atoms with van der Waals surface area (Å²) in [6, 6.07) is 16.3. The zero-order valence-electron chi connectivity index (χ0n) is 16.9. The Morgan fingerprint density at radius 3 is 2.83 bits per heavy atom. The highest BCUT2D eigenvalue weighted by atomic mass is 79.9. The highest BCUT2D eigenvalue weighted by Gasteiger charge is 2.16. The number of aromatic nitrogens is 2. The summed E-state index contributed by atoms with van der Waals surface area (Å²) in [4.78, 5) is 18.3. The van der Waals surface area contributed by atoms with Gasteiger partial charge in [0.05, 0.1) is 11.6 Å². The number of halogens is 1. The lowest BCUT2D eigenvalue weighted by molar-refractivity contribution is 0.0743. The fourth-order valence-corrected chi connectivity index (χ4v) is 5.78. The minimum absolute atomic E-state index is 0.0440. The number of benzene rings is 2. The van der Waals surface area contributed by atoms with Crippen LogP contribution < -0.4 is 5.56 Å². The molecule has 0 radical (unpaired) electrons. The van der Waals surface area contributed by atoms with Crippen LogP contribution in [0.25, 0.3) is 20.3 Å². The molecule has 7 heteroatoms. The molecule has 0 aliphatic carbocycles. The summed E-state index contributed by atoms with van der Waals surface area (Å²) in [5.74, 6) is 0.752. The lowest BCUT2D eigenvalue weighted by Crippen LogP contribution is -2.23. The van der Waals surface area contributed by atoms with Crippen LogP contribution >= 0.6 is 39.0 Å². The molecule has 0 bridgehead atoms. The largest absolute Gasteiger partial charge is 0.379 e. The van der Waals surface area contributed by atoms with E-state index in [4.69, 9.17) is 9.72 Å². The van der Waals surface area contributed by atoms with Gasteiger partial charge in [0.1, 0.15) is 4.70 Å². The van der Waals surface area contributed by atoms with E-state index in [2.05, 4.69) is 34.1 Å². The van der Waals surface area contributed by atoms with Crippen molar-refractivity contribution in [3.63, 3.8) is 0 Å². The predicted octanol–water partition coefficient (Wildman–Crippen LogP) is 6.48. The van der Waals surface area contributed by atoms with Gasteiger partial charge in [0.25, 0.3) is 5.56 Å². The molecule has 0 aliphatic rings. The standard InChI is InChI=1S/C23H23BrN2O2S2/c1-15(2)28-12-6-11-26-22(27)21-20(18-9-3-4-10-19(18)30-21)25-23(26)29-14-16-7-5-8-17(24)13-16/h3-5,7-10,13,15H,6,11-12,14H2,1-2H3. The molecule has 4 rings (SSSR count). The molecule has 0 fully saturated rings. The van der Waals surface area contributed by atoms with Crippen LogP contribution in [0.2, 0.25) is 0 Å². The number of rotatable bonds is 8. The summed E-state index contributed by atoms with van der Waals surface area (Å²) in [5.41, 5.74) is 2.04. The van der Waals surface area contributed by atoms with Gasteiger partial charge in [-0.3, -0.25) is 9.36 Å². The minimum Gasteiger partial charge on any atom is -0.379 e. The first-order chi connectivity index (χ1) is 14.5. The van der Waals surface area contributed by atoms with Crippen molar-refractivity contribution in [3.05, 3.63) is 68.9 Å². The van der Waals surface area contributed by atoms with Gasteiger partial charge in [-0.1, -0.05) is 58.0 Å². The molecule has 0 N–H and O–H groups in total. The fourth-order valence-electron chi connectivity index (χ4n) is 3.28. The Bertz CT molecular complexity index is 1230. The number of ether oxygens (including phenoxy) is 1. The summed E-state index contributed by atoms with van der Waals surface area (Å²) in [5, 5.41) is 1.81. The van der Waals surface area contributed by atoms with Crippen molar-refractivity contribution < 1.29 is 4.74 Å². The maximum atomic E-state index is 13.4. The van der Waals surface area contributed by atoms with Crippen molar-refractivity contribution in [1.29, 1.82) is 0 Å². The van der Waals surface area contributed by atoms with Crippen molar-refractivity contribution in [1.82, 2.24) is 9.55 Å². The number of hydrogen-bond donors (Lipinski definition) is 0. The number of fused-ring (bicyclic) bond motifs is 3. The van der Waals surface area contributed by atoms with Crippen molar-refractivity contribution in [3.8, 4) is 0 Å². The van der Waals surface area contributed by atoms with Crippen molar-refractivity contribution in [2.24, 2.45) is 0 Å². The van der Waals surface area contributed by atoms with Gasteiger partial charge in [-0.05, 0) is 44.0 Å². The van der Waals surface area contributed by atoms with Crippen molar-refractivity contribution >= 4 is 59.3 Å². The van der Waals surface area contributed by atoms with E-state index in [-0.39, 0.29) is 11.7 Å². The van der Waals surface area contributed by atoms with Gasteiger partial charge in [0, 0.05) is 33.5 Å². The topological polar surface area (TPSA) is 44.1 Å². The third kappa shape index (κ3) is 4.80. The maximum absolute atomic E-state index is 13.4. The summed E-state index contributed by atoms with van der Waals surface area (Å²) in [6.07, 6.45) is 0.968. The van der Waals surface area contributed by atoms with Crippen LogP contribution in [-0.4, -0.2) is 22.3 Å². The molecule has 4 nitrogen and oxygen atoms in total. The molecule has 0 saturated heterocycles. The van der Waals surface area contributed by atoms with Gasteiger partial charge in [-0.25, -0.2) is 4.98 Å². The van der Waals surface area contributed by atoms with Crippen LogP contribution in [-0.2, 0) is 17.0 Å². The normalized spacial score (nSPS) is 11.7. The van der Waals surface area contributed by atoms with E-state index >= 15 is 0 Å². The lowest BCUT2D eigenvalue weighted by Gasteiger charge is -2.13. The SMILES string of the molecule is CC(C)OCCCn1c(SCc2cccc(Br)c2)nc2c(sc3ccccc32)c1=O. The van der Waals surface area contributed by atoms with E-state index in [0.29, 0.717) is 13.2 Å². The van der Waals surface area contributed by atoms with Crippen molar-refractivity contribution in [2.75, 3.05) is 6.61 Å². The molecular formula is C23H23BrN2O2S2. The summed E-state index contributed by atoms with van der Waals surface area (Å²) in [7, 11) is 0. The molecule has 0 saturated carbocycles. The summed E-state index contributed by atoms with van der Waals surface area (Å²) >= 11 is 6.67. The molecule has 0 atom stereocenters. The molecule has 0 spiro atoms. The number of nitrogens with zero attached hydrogens (tertiary/aromatic N) is 2.